The number of rotatable bonds is 7. The van der Waals surface area contributed by atoms with Gasteiger partial charge < -0.3 is 29.2 Å². The summed E-state index contributed by atoms with van der Waals surface area (Å²) >= 11 is 0. The Hall–Kier alpha value is -4.53. The number of nitrogens with one attached hydrogen (secondary N) is 1. The lowest BCUT2D eigenvalue weighted by Crippen LogP contribution is -2.38. The molecule has 2 amide bonds. The predicted molar refractivity (Wildman–Crippen MR) is 128 cm³/mol. The van der Waals surface area contributed by atoms with Gasteiger partial charge in [-0.3, -0.25) is 9.59 Å². The molecular formula is C26H24N2O7. The largest absolute Gasteiger partial charge is 0.493 e. The van der Waals surface area contributed by atoms with E-state index < -0.39 is 5.97 Å². The summed E-state index contributed by atoms with van der Waals surface area (Å²) in [4.78, 5) is 39.0. The number of methoxy groups -OCH3 is 3. The molecule has 0 atom stereocenters. The first-order chi connectivity index (χ1) is 16.9. The maximum Gasteiger partial charge on any atom is 0.337 e. The number of hydrogen-bond acceptors (Lipinski definition) is 7. The monoisotopic (exact) mass is 476 g/mol. The Kier molecular flexibility index (Phi) is 6.86. The second-order valence-electron chi connectivity index (χ2n) is 7.67. The summed E-state index contributed by atoms with van der Waals surface area (Å²) in [5.74, 6) is 0.402. The number of carbonyl (C=O) groups excluding carboxylic acids is 3. The fourth-order valence-electron chi connectivity index (χ4n) is 3.73. The third kappa shape index (κ3) is 5.03. The number of fused-ring (bicyclic) bond motifs is 1. The summed E-state index contributed by atoms with van der Waals surface area (Å²) < 4.78 is 20.8. The zero-order chi connectivity index (χ0) is 24.9. The smallest absolute Gasteiger partial charge is 0.337 e. The maximum absolute atomic E-state index is 12.9. The number of nitrogens with zero attached hydrogens (tertiary/aromatic N) is 1. The minimum atomic E-state index is -0.458. The van der Waals surface area contributed by atoms with Crippen molar-refractivity contribution in [3.8, 4) is 17.2 Å². The second kappa shape index (κ2) is 10.2. The second-order valence-corrected chi connectivity index (χ2v) is 7.67. The number of hydrogen-bond donors (Lipinski definition) is 1. The van der Waals surface area contributed by atoms with E-state index in [1.807, 2.05) is 6.07 Å². The minimum absolute atomic E-state index is 0.110. The Balaban J connectivity index is 1.58. The van der Waals surface area contributed by atoms with E-state index in [0.717, 1.165) is 5.56 Å². The van der Waals surface area contributed by atoms with Crippen LogP contribution in [0.1, 0.15) is 26.3 Å². The van der Waals surface area contributed by atoms with Crippen LogP contribution in [0.15, 0.2) is 60.7 Å². The molecule has 1 aliphatic heterocycles. The van der Waals surface area contributed by atoms with E-state index in [1.165, 1.54) is 21.3 Å². The van der Waals surface area contributed by atoms with E-state index in [2.05, 4.69) is 5.32 Å². The van der Waals surface area contributed by atoms with Crippen molar-refractivity contribution in [3.05, 3.63) is 77.4 Å². The summed E-state index contributed by atoms with van der Waals surface area (Å²) in [5.41, 5.74) is 2.50. The minimum Gasteiger partial charge on any atom is -0.493 e. The van der Waals surface area contributed by atoms with Gasteiger partial charge in [0.2, 0.25) is 0 Å². The zero-order valence-electron chi connectivity index (χ0n) is 19.5. The van der Waals surface area contributed by atoms with Gasteiger partial charge in [0, 0.05) is 11.3 Å². The van der Waals surface area contributed by atoms with Crippen LogP contribution in [-0.2, 0) is 16.1 Å². The Morgan fingerprint density at radius 2 is 1.74 bits per heavy atom. The van der Waals surface area contributed by atoms with Gasteiger partial charge in [0.25, 0.3) is 11.8 Å². The van der Waals surface area contributed by atoms with E-state index in [9.17, 15) is 14.4 Å². The fraction of sp³-hybridized carbons (Fsp3) is 0.192. The van der Waals surface area contributed by atoms with Gasteiger partial charge in [-0.1, -0.05) is 12.1 Å². The summed E-state index contributed by atoms with van der Waals surface area (Å²) in [6.45, 7) is 0.105. The number of benzene rings is 3. The summed E-state index contributed by atoms with van der Waals surface area (Å²) in [7, 11) is 4.33. The van der Waals surface area contributed by atoms with Crippen molar-refractivity contribution < 1.29 is 33.3 Å². The van der Waals surface area contributed by atoms with E-state index >= 15 is 0 Å². The van der Waals surface area contributed by atoms with Crippen molar-refractivity contribution in [3.63, 3.8) is 0 Å². The molecule has 0 unspecified atom stereocenters. The quantitative estimate of drug-likeness (QED) is 0.519. The lowest BCUT2D eigenvalue weighted by atomic mass is 10.1. The number of anilines is 2. The number of ether oxygens (including phenoxy) is 4. The molecule has 0 aliphatic carbocycles. The summed E-state index contributed by atoms with van der Waals surface area (Å²) in [6.07, 6.45) is 0. The molecule has 35 heavy (non-hydrogen) atoms. The summed E-state index contributed by atoms with van der Waals surface area (Å²) in [5, 5.41) is 2.84. The molecule has 0 saturated heterocycles. The van der Waals surface area contributed by atoms with Crippen molar-refractivity contribution >= 4 is 29.2 Å². The van der Waals surface area contributed by atoms with E-state index in [4.69, 9.17) is 18.9 Å². The molecule has 1 N–H and O–H groups in total. The van der Waals surface area contributed by atoms with Gasteiger partial charge in [-0.25, -0.2) is 4.79 Å². The first-order valence-corrected chi connectivity index (χ1v) is 10.7. The molecule has 1 heterocycles. The van der Waals surface area contributed by atoms with E-state index in [1.54, 1.807) is 59.5 Å². The van der Waals surface area contributed by atoms with Crippen LogP contribution in [0.5, 0.6) is 17.2 Å². The van der Waals surface area contributed by atoms with Gasteiger partial charge in [0.05, 0.1) is 39.1 Å². The van der Waals surface area contributed by atoms with Crippen LogP contribution in [0, 0.1) is 0 Å². The highest BCUT2D eigenvalue weighted by Gasteiger charge is 2.26. The Morgan fingerprint density at radius 1 is 0.943 bits per heavy atom. The molecular weight excluding hydrogens is 452 g/mol. The third-order valence-electron chi connectivity index (χ3n) is 5.49. The molecule has 9 heteroatoms. The van der Waals surface area contributed by atoms with Crippen LogP contribution in [0.3, 0.4) is 0 Å². The Labute approximate surface area is 202 Å². The first-order valence-electron chi connectivity index (χ1n) is 10.7. The molecule has 1 aliphatic rings. The van der Waals surface area contributed by atoms with Crippen LogP contribution in [0.25, 0.3) is 0 Å². The Bertz CT molecular complexity index is 1290. The van der Waals surface area contributed by atoms with Gasteiger partial charge >= 0.3 is 5.97 Å². The Morgan fingerprint density at radius 3 is 2.49 bits per heavy atom. The third-order valence-corrected chi connectivity index (χ3v) is 5.49. The molecule has 0 fully saturated rings. The average Bonchev–Trinajstić information content (AvgIpc) is 2.89. The van der Waals surface area contributed by atoms with Crippen LogP contribution in [-0.4, -0.2) is 45.7 Å². The van der Waals surface area contributed by atoms with Crippen LogP contribution < -0.4 is 24.4 Å². The number of esters is 1. The molecule has 4 rings (SSSR count). The molecule has 3 aromatic carbocycles. The highest BCUT2D eigenvalue weighted by molar-refractivity contribution is 6.05. The van der Waals surface area contributed by atoms with Crippen molar-refractivity contribution in [2.24, 2.45) is 0 Å². The first kappa shape index (κ1) is 23.6. The number of carbonyl (C=O) groups is 3. The van der Waals surface area contributed by atoms with E-state index in [-0.39, 0.29) is 25.0 Å². The molecule has 0 radical (unpaired) electrons. The molecule has 0 bridgehead atoms. The molecule has 180 valence electrons. The van der Waals surface area contributed by atoms with Crippen LogP contribution >= 0.6 is 0 Å². The highest BCUT2D eigenvalue weighted by atomic mass is 16.5. The topological polar surface area (TPSA) is 103 Å². The normalized spacial score (nSPS) is 12.3. The molecule has 0 saturated carbocycles. The summed E-state index contributed by atoms with van der Waals surface area (Å²) in [6, 6.07) is 16.8. The van der Waals surface area contributed by atoms with E-state index in [0.29, 0.717) is 39.8 Å². The van der Waals surface area contributed by atoms with Gasteiger partial charge in [-0.2, -0.15) is 0 Å². The van der Waals surface area contributed by atoms with Gasteiger partial charge in [0.1, 0.15) is 5.75 Å². The average molecular weight is 476 g/mol. The SMILES string of the molecule is COC(=O)c1cccc(CN2C(=O)COc3ccc(NC(=O)c4ccc(OC)c(OC)c4)cc32)c1. The van der Waals surface area contributed by atoms with Gasteiger partial charge in [0.15, 0.2) is 18.1 Å². The van der Waals surface area contributed by atoms with Crippen molar-refractivity contribution in [1.29, 1.82) is 0 Å². The van der Waals surface area contributed by atoms with Crippen molar-refractivity contribution in [2.75, 3.05) is 38.2 Å². The lowest BCUT2D eigenvalue weighted by molar-refractivity contribution is -0.121. The molecule has 0 spiro atoms. The van der Waals surface area contributed by atoms with Crippen LogP contribution in [0.2, 0.25) is 0 Å². The standard InChI is InChI=1S/C26H24N2O7/c1-32-22-9-7-17(12-23(22)33-2)25(30)27-19-8-10-21-20(13-19)28(24(29)15-35-21)14-16-5-4-6-18(11-16)26(31)34-3/h4-13H,14-15H2,1-3H3,(H,27,30). The predicted octanol–water partition coefficient (Wildman–Crippen LogP) is 3.67. The van der Waals surface area contributed by atoms with Crippen molar-refractivity contribution in [1.82, 2.24) is 0 Å². The molecule has 0 aromatic heterocycles. The van der Waals surface area contributed by atoms with Gasteiger partial charge in [-0.05, 0) is 54.1 Å². The fourth-order valence-corrected chi connectivity index (χ4v) is 3.73. The number of amides is 2. The van der Waals surface area contributed by atoms with Gasteiger partial charge in [-0.15, -0.1) is 0 Å². The highest BCUT2D eigenvalue weighted by Crippen LogP contribution is 2.36. The maximum atomic E-state index is 12.9. The molecule has 3 aromatic rings. The zero-order valence-corrected chi connectivity index (χ0v) is 19.5. The molecule has 9 nitrogen and oxygen atoms in total. The lowest BCUT2D eigenvalue weighted by Gasteiger charge is -2.30. The van der Waals surface area contributed by atoms with Crippen molar-refractivity contribution in [2.45, 2.75) is 6.54 Å². The van der Waals surface area contributed by atoms with Crippen LogP contribution in [0.4, 0.5) is 11.4 Å².